The molecule has 0 aliphatic heterocycles. The summed E-state index contributed by atoms with van der Waals surface area (Å²) in [7, 11) is 0. The van der Waals surface area contributed by atoms with E-state index in [9.17, 15) is 19.8 Å². The van der Waals surface area contributed by atoms with Crippen molar-refractivity contribution in [2.75, 3.05) is 6.61 Å². The SMILES string of the molecule is CCCCC/C=C\C/C=C\C/C=C\CCCCCCC(CC(=O)NC(CO)C(O)CCCCCCCCCCCCCC)OC(=O)CCCCCCCCCCCCCC. The number of allylic oxidation sites excluding steroid dienone is 6. The first kappa shape index (κ1) is 58.1. The summed E-state index contributed by atoms with van der Waals surface area (Å²) in [5, 5.41) is 23.8. The van der Waals surface area contributed by atoms with E-state index in [-0.39, 0.29) is 24.9 Å². The summed E-state index contributed by atoms with van der Waals surface area (Å²) in [6.45, 7) is 6.45. The molecule has 6 nitrogen and oxygen atoms in total. The van der Waals surface area contributed by atoms with E-state index in [0.29, 0.717) is 19.3 Å². The quantitative estimate of drug-likeness (QED) is 0.0322. The normalized spacial score (nSPS) is 13.5. The monoisotopic (exact) mass is 844 g/mol. The predicted molar refractivity (Wildman–Crippen MR) is 259 cm³/mol. The van der Waals surface area contributed by atoms with Crippen molar-refractivity contribution in [3.63, 3.8) is 0 Å². The van der Waals surface area contributed by atoms with Crippen molar-refractivity contribution in [3.8, 4) is 0 Å². The summed E-state index contributed by atoms with van der Waals surface area (Å²) >= 11 is 0. The van der Waals surface area contributed by atoms with Crippen LogP contribution >= 0.6 is 0 Å². The summed E-state index contributed by atoms with van der Waals surface area (Å²) in [6, 6.07) is -0.705. The maximum absolute atomic E-state index is 13.2. The standard InChI is InChI=1S/C54H101NO5/c1-4-7-10-13-16-19-22-25-26-27-28-29-30-33-36-39-42-45-50(60-54(59)47-44-41-38-35-32-24-21-18-15-12-9-6-3)48-53(58)55-51(49-56)52(57)46-43-40-37-34-31-23-20-17-14-11-8-5-2/h16,19,25-26,28-29,50-52,56-57H,4-15,17-18,20-24,27,30-49H2,1-3H3,(H,55,58)/b19-16-,26-25-,29-28-. The van der Waals surface area contributed by atoms with Gasteiger partial charge in [0.1, 0.15) is 6.10 Å². The Hall–Kier alpha value is -1.92. The minimum atomic E-state index is -0.791. The molecule has 0 aliphatic carbocycles. The topological polar surface area (TPSA) is 95.9 Å². The Morgan fingerprint density at radius 1 is 0.483 bits per heavy atom. The molecule has 1 amide bonds. The molecule has 6 heteroatoms. The molecule has 0 aromatic carbocycles. The first-order valence-electron chi connectivity index (χ1n) is 26.2. The van der Waals surface area contributed by atoms with Crippen molar-refractivity contribution >= 4 is 11.9 Å². The average molecular weight is 844 g/mol. The molecule has 0 spiro atoms. The van der Waals surface area contributed by atoms with Crippen molar-refractivity contribution in [3.05, 3.63) is 36.5 Å². The number of unbranched alkanes of at least 4 members (excludes halogenated alkanes) is 29. The highest BCUT2D eigenvalue weighted by Crippen LogP contribution is 2.18. The second-order valence-corrected chi connectivity index (χ2v) is 17.9. The summed E-state index contributed by atoms with van der Waals surface area (Å²) < 4.78 is 5.93. The fourth-order valence-corrected chi connectivity index (χ4v) is 7.97. The van der Waals surface area contributed by atoms with Gasteiger partial charge in [-0.1, -0.05) is 231 Å². The second kappa shape index (κ2) is 48.1. The largest absolute Gasteiger partial charge is 0.462 e. The third-order valence-electron chi connectivity index (χ3n) is 12.0. The van der Waals surface area contributed by atoms with E-state index in [2.05, 4.69) is 62.5 Å². The third-order valence-corrected chi connectivity index (χ3v) is 12.0. The number of carbonyl (C=O) groups excluding carboxylic acids is 2. The molecule has 0 rings (SSSR count). The number of nitrogens with one attached hydrogen (secondary N) is 1. The van der Waals surface area contributed by atoms with E-state index in [1.54, 1.807) is 0 Å². The maximum Gasteiger partial charge on any atom is 0.306 e. The van der Waals surface area contributed by atoms with Crippen molar-refractivity contribution in [1.82, 2.24) is 5.32 Å². The molecule has 0 radical (unpaired) electrons. The smallest absolute Gasteiger partial charge is 0.306 e. The maximum atomic E-state index is 13.2. The van der Waals surface area contributed by atoms with Gasteiger partial charge in [-0.25, -0.2) is 0 Å². The highest BCUT2D eigenvalue weighted by Gasteiger charge is 2.24. The molecular formula is C54H101NO5. The molecule has 3 unspecified atom stereocenters. The first-order chi connectivity index (χ1) is 29.5. The number of aliphatic hydroxyl groups excluding tert-OH is 2. The van der Waals surface area contributed by atoms with Gasteiger partial charge in [0.2, 0.25) is 5.91 Å². The zero-order chi connectivity index (χ0) is 43.8. The van der Waals surface area contributed by atoms with Crippen LogP contribution in [-0.4, -0.2) is 46.9 Å². The summed E-state index contributed by atoms with van der Waals surface area (Å²) in [4.78, 5) is 26.1. The second-order valence-electron chi connectivity index (χ2n) is 17.9. The van der Waals surface area contributed by atoms with Crippen LogP contribution in [0.4, 0.5) is 0 Å². The lowest BCUT2D eigenvalue weighted by Gasteiger charge is -2.24. The van der Waals surface area contributed by atoms with Crippen LogP contribution in [0.15, 0.2) is 36.5 Å². The highest BCUT2D eigenvalue weighted by molar-refractivity contribution is 5.77. The zero-order valence-corrected chi connectivity index (χ0v) is 40.1. The molecule has 0 heterocycles. The van der Waals surface area contributed by atoms with Gasteiger partial charge >= 0.3 is 5.97 Å². The van der Waals surface area contributed by atoms with Crippen LogP contribution in [-0.2, 0) is 14.3 Å². The minimum absolute atomic E-state index is 0.0664. The molecule has 0 aliphatic rings. The van der Waals surface area contributed by atoms with E-state index in [0.717, 1.165) is 83.5 Å². The molecule has 352 valence electrons. The van der Waals surface area contributed by atoms with Crippen LogP contribution in [0.25, 0.3) is 0 Å². The lowest BCUT2D eigenvalue weighted by molar-refractivity contribution is -0.151. The van der Waals surface area contributed by atoms with E-state index in [4.69, 9.17) is 4.74 Å². The molecule has 0 bridgehead atoms. The van der Waals surface area contributed by atoms with Gasteiger partial charge in [0.05, 0.1) is 25.2 Å². The Morgan fingerprint density at radius 3 is 1.32 bits per heavy atom. The number of aliphatic hydroxyl groups is 2. The molecule has 0 saturated carbocycles. The molecule has 0 aromatic heterocycles. The molecule has 3 atom stereocenters. The number of ether oxygens (including phenoxy) is 1. The minimum Gasteiger partial charge on any atom is -0.462 e. The molecule has 0 fully saturated rings. The fourth-order valence-electron chi connectivity index (χ4n) is 7.97. The molecule has 60 heavy (non-hydrogen) atoms. The molecule has 3 N–H and O–H groups in total. The van der Waals surface area contributed by atoms with Crippen molar-refractivity contribution in [2.24, 2.45) is 0 Å². The van der Waals surface area contributed by atoms with E-state index in [1.807, 2.05) is 0 Å². The van der Waals surface area contributed by atoms with Crippen LogP contribution in [0.3, 0.4) is 0 Å². The lowest BCUT2D eigenvalue weighted by atomic mass is 10.0. The predicted octanol–water partition coefficient (Wildman–Crippen LogP) is 15.7. The van der Waals surface area contributed by atoms with Crippen LogP contribution < -0.4 is 5.32 Å². The van der Waals surface area contributed by atoms with Crippen molar-refractivity contribution in [2.45, 2.75) is 289 Å². The fraction of sp³-hybridized carbons (Fsp3) is 0.852. The third kappa shape index (κ3) is 42.8. The van der Waals surface area contributed by atoms with Gasteiger partial charge in [-0.3, -0.25) is 9.59 Å². The Balaban J connectivity index is 4.62. The van der Waals surface area contributed by atoms with Crippen LogP contribution in [0, 0.1) is 0 Å². The Morgan fingerprint density at radius 2 is 0.850 bits per heavy atom. The molecular weight excluding hydrogens is 743 g/mol. The van der Waals surface area contributed by atoms with E-state index in [1.165, 1.54) is 141 Å². The first-order valence-corrected chi connectivity index (χ1v) is 26.2. The number of rotatable bonds is 47. The Kier molecular flexibility index (Phi) is 46.6. The van der Waals surface area contributed by atoms with E-state index < -0.39 is 18.2 Å². The van der Waals surface area contributed by atoms with Gasteiger partial charge in [0.15, 0.2) is 0 Å². The van der Waals surface area contributed by atoms with Gasteiger partial charge in [0.25, 0.3) is 0 Å². The summed E-state index contributed by atoms with van der Waals surface area (Å²) in [5.41, 5.74) is 0. The number of hydrogen-bond acceptors (Lipinski definition) is 5. The number of hydrogen-bond donors (Lipinski definition) is 3. The molecule has 0 saturated heterocycles. The lowest BCUT2D eigenvalue weighted by Crippen LogP contribution is -2.46. The average Bonchev–Trinajstić information content (AvgIpc) is 3.24. The number of amides is 1. The van der Waals surface area contributed by atoms with Gasteiger partial charge in [-0.2, -0.15) is 0 Å². The van der Waals surface area contributed by atoms with Crippen LogP contribution in [0.2, 0.25) is 0 Å². The van der Waals surface area contributed by atoms with Crippen LogP contribution in [0.5, 0.6) is 0 Å². The number of esters is 1. The van der Waals surface area contributed by atoms with Gasteiger partial charge < -0.3 is 20.3 Å². The highest BCUT2D eigenvalue weighted by atomic mass is 16.5. The van der Waals surface area contributed by atoms with E-state index >= 15 is 0 Å². The van der Waals surface area contributed by atoms with Crippen LogP contribution in [0.1, 0.15) is 271 Å². The summed E-state index contributed by atoms with van der Waals surface area (Å²) in [6.07, 6.45) is 56.3. The van der Waals surface area contributed by atoms with Gasteiger partial charge in [0, 0.05) is 6.42 Å². The van der Waals surface area contributed by atoms with Gasteiger partial charge in [-0.05, 0) is 64.2 Å². The van der Waals surface area contributed by atoms with Crippen molar-refractivity contribution in [1.29, 1.82) is 0 Å². The Bertz CT molecular complexity index is 993. The van der Waals surface area contributed by atoms with Gasteiger partial charge in [-0.15, -0.1) is 0 Å². The Labute approximate surface area is 373 Å². The molecule has 0 aromatic rings. The zero-order valence-electron chi connectivity index (χ0n) is 40.1. The summed E-state index contributed by atoms with van der Waals surface area (Å²) in [5.74, 6) is -0.485. The number of carbonyl (C=O) groups is 2. The van der Waals surface area contributed by atoms with Crippen molar-refractivity contribution < 1.29 is 24.5 Å².